The van der Waals surface area contributed by atoms with Crippen LogP contribution in [-0.4, -0.2) is 82.4 Å². The Balaban J connectivity index is 1.67. The molecule has 0 aromatic heterocycles. The highest BCUT2D eigenvalue weighted by molar-refractivity contribution is 8.76. The van der Waals surface area contributed by atoms with E-state index in [-0.39, 0.29) is 37.2 Å². The van der Waals surface area contributed by atoms with Gasteiger partial charge >= 0.3 is 11.9 Å². The second-order valence-corrected chi connectivity index (χ2v) is 21.4. The topological polar surface area (TPSA) is 151 Å². The van der Waals surface area contributed by atoms with Crippen LogP contribution < -0.4 is 10.6 Å². The van der Waals surface area contributed by atoms with Crippen molar-refractivity contribution in [2.45, 2.75) is 270 Å². The van der Waals surface area contributed by atoms with Crippen LogP contribution in [0.4, 0.5) is 0 Å². The lowest BCUT2D eigenvalue weighted by atomic mass is 10.0. The summed E-state index contributed by atoms with van der Waals surface area (Å²) in [7, 11) is 2.73. The van der Waals surface area contributed by atoms with E-state index in [9.17, 15) is 28.8 Å². The molecular weight excluding hydrogens is 873 g/mol. The maximum Gasteiger partial charge on any atom is 0.350 e. The molecule has 2 aliphatic rings. The molecule has 2 fully saturated rings. The zero-order valence-electron chi connectivity index (χ0n) is 41.8. The number of hydrogen-bond donors (Lipinski definition) is 2. The summed E-state index contributed by atoms with van der Waals surface area (Å²) in [4.78, 5) is 85.9. The maximum absolute atomic E-state index is 13.3. The van der Waals surface area contributed by atoms with Gasteiger partial charge in [0.25, 0.3) is 23.6 Å². The predicted octanol–water partition coefficient (Wildman–Crippen LogP) is 12.8. The summed E-state index contributed by atoms with van der Waals surface area (Å²) in [5.74, 6) is -2.96. The molecule has 2 unspecified atom stereocenters. The highest BCUT2D eigenvalue weighted by atomic mass is 33.1. The SMILES string of the molecule is CCCCCCCCCCCCCCCCCCCCCCCNC(CSSCC(NCCCCCCCCCCCCCCC)C(=O)ON1C(=O)CCC1=O)C(=O)ON1C(=O)CCC1=O. The van der Waals surface area contributed by atoms with Gasteiger partial charge in [0.05, 0.1) is 0 Å². The number of rotatable bonds is 47. The molecule has 382 valence electrons. The summed E-state index contributed by atoms with van der Waals surface area (Å²) in [6.07, 6.45) is 43.8. The number of carbonyl (C=O) groups is 6. The Hall–Kier alpha value is -2.16. The lowest BCUT2D eigenvalue weighted by Crippen LogP contribution is -2.45. The third-order valence-electron chi connectivity index (χ3n) is 12.8. The number of hydrogen-bond acceptors (Lipinski definition) is 12. The van der Waals surface area contributed by atoms with Crippen LogP contribution in [0.15, 0.2) is 0 Å². The van der Waals surface area contributed by atoms with E-state index >= 15 is 0 Å². The minimum Gasteiger partial charge on any atom is -0.329 e. The van der Waals surface area contributed by atoms with Crippen molar-refractivity contribution in [3.8, 4) is 0 Å². The first kappa shape index (κ1) is 60.0. The number of unbranched alkanes of at least 4 members (excludes halogenated alkanes) is 32. The molecule has 12 nitrogen and oxygen atoms in total. The average Bonchev–Trinajstić information content (AvgIpc) is 3.80. The lowest BCUT2D eigenvalue weighted by molar-refractivity contribution is -0.198. The van der Waals surface area contributed by atoms with E-state index in [1.807, 2.05) is 0 Å². The molecule has 0 saturated carbocycles. The van der Waals surface area contributed by atoms with E-state index < -0.39 is 47.7 Å². The summed E-state index contributed by atoms with van der Waals surface area (Å²) in [5.41, 5.74) is 0. The van der Waals surface area contributed by atoms with E-state index in [0.29, 0.717) is 23.2 Å². The van der Waals surface area contributed by atoms with Gasteiger partial charge in [0.1, 0.15) is 12.1 Å². The molecule has 0 aliphatic carbocycles. The Kier molecular flexibility index (Phi) is 38.0. The number of amides is 4. The smallest absolute Gasteiger partial charge is 0.329 e. The number of hydroxylamine groups is 4. The average molecular weight is 967 g/mol. The molecule has 2 heterocycles. The monoisotopic (exact) mass is 967 g/mol. The number of nitrogens with zero attached hydrogens (tertiary/aromatic N) is 2. The van der Waals surface area contributed by atoms with Crippen LogP contribution in [0.1, 0.15) is 258 Å². The second kappa shape index (κ2) is 41.8. The fourth-order valence-electron chi connectivity index (χ4n) is 8.53. The van der Waals surface area contributed by atoms with Crippen molar-refractivity contribution in [3.05, 3.63) is 0 Å². The molecule has 0 bridgehead atoms. The molecule has 2 rings (SSSR count). The van der Waals surface area contributed by atoms with E-state index in [0.717, 1.165) is 38.5 Å². The predicted molar refractivity (Wildman–Crippen MR) is 271 cm³/mol. The van der Waals surface area contributed by atoms with Gasteiger partial charge in [0.15, 0.2) is 0 Å². The highest BCUT2D eigenvalue weighted by Crippen LogP contribution is 2.25. The number of imide groups is 2. The molecule has 0 spiro atoms. The van der Waals surface area contributed by atoms with Gasteiger partial charge in [0.2, 0.25) is 0 Å². The summed E-state index contributed by atoms with van der Waals surface area (Å²) in [6, 6.07) is -1.56. The van der Waals surface area contributed by atoms with Gasteiger partial charge in [0, 0.05) is 37.2 Å². The Morgan fingerprint density at radius 1 is 0.394 bits per heavy atom. The van der Waals surface area contributed by atoms with Gasteiger partial charge in [-0.05, 0) is 25.9 Å². The molecule has 2 aliphatic heterocycles. The van der Waals surface area contributed by atoms with Gasteiger partial charge in [-0.3, -0.25) is 19.2 Å². The van der Waals surface area contributed by atoms with Gasteiger partial charge in [-0.15, -0.1) is 10.1 Å². The molecule has 2 atom stereocenters. The van der Waals surface area contributed by atoms with E-state index in [1.165, 1.54) is 201 Å². The van der Waals surface area contributed by atoms with Crippen LogP contribution in [0.2, 0.25) is 0 Å². The zero-order valence-corrected chi connectivity index (χ0v) is 43.5. The second-order valence-electron chi connectivity index (χ2n) is 18.9. The summed E-state index contributed by atoms with van der Waals surface area (Å²) in [6.45, 7) is 5.69. The molecule has 2 N–H and O–H groups in total. The van der Waals surface area contributed by atoms with E-state index in [2.05, 4.69) is 24.5 Å². The Labute approximate surface area is 409 Å². The van der Waals surface area contributed by atoms with Crippen molar-refractivity contribution >= 4 is 57.2 Å². The van der Waals surface area contributed by atoms with Crippen LogP contribution in [0, 0.1) is 0 Å². The molecule has 66 heavy (non-hydrogen) atoms. The van der Waals surface area contributed by atoms with Crippen LogP contribution in [0.5, 0.6) is 0 Å². The third kappa shape index (κ3) is 30.4. The van der Waals surface area contributed by atoms with Crippen LogP contribution >= 0.6 is 21.6 Å². The van der Waals surface area contributed by atoms with E-state index in [1.54, 1.807) is 0 Å². The Morgan fingerprint density at radius 2 is 0.606 bits per heavy atom. The zero-order chi connectivity index (χ0) is 47.7. The van der Waals surface area contributed by atoms with Crippen molar-refractivity contribution in [3.63, 3.8) is 0 Å². The fraction of sp³-hybridized carbons (Fsp3) is 0.885. The first-order chi connectivity index (χ1) is 32.3. The highest BCUT2D eigenvalue weighted by Gasteiger charge is 2.36. The number of nitrogens with one attached hydrogen (secondary N) is 2. The summed E-state index contributed by atoms with van der Waals surface area (Å²) in [5, 5.41) is 7.73. The van der Waals surface area contributed by atoms with Crippen LogP contribution in [0.3, 0.4) is 0 Å². The minimum absolute atomic E-state index is 0.0203. The Morgan fingerprint density at radius 3 is 0.833 bits per heavy atom. The van der Waals surface area contributed by atoms with Gasteiger partial charge < -0.3 is 20.3 Å². The molecule has 2 saturated heterocycles. The lowest BCUT2D eigenvalue weighted by Gasteiger charge is -2.21. The molecule has 14 heteroatoms. The Bertz CT molecular complexity index is 1280. The van der Waals surface area contributed by atoms with Crippen molar-refractivity contribution in [1.29, 1.82) is 0 Å². The van der Waals surface area contributed by atoms with Gasteiger partial charge in [-0.25, -0.2) is 9.59 Å². The quantitative estimate of drug-likeness (QED) is 0.0339. The molecular formula is C52H94N4O8S2. The van der Waals surface area contributed by atoms with Gasteiger partial charge in [-0.2, -0.15) is 0 Å². The standard InChI is InChI=1S/C52H94N4O8S2/c1-3-5-7-9-11-13-15-17-18-19-20-21-22-23-24-26-28-30-32-34-36-42-54-46(52(62)64-56-49(59)39-40-50(56)60)44-66-65-43-45(51(61)63-55-47(57)37-38-48(55)58)53-41-35-33-31-29-27-25-16-14-12-10-8-6-4-2/h45-46,53-54H,3-44H2,1-2H3. The van der Waals surface area contributed by atoms with Gasteiger partial charge in [-0.1, -0.05) is 241 Å². The molecule has 0 aromatic rings. The van der Waals surface area contributed by atoms with Crippen LogP contribution in [-0.2, 0) is 38.4 Å². The molecule has 0 aromatic carbocycles. The van der Waals surface area contributed by atoms with Crippen molar-refractivity contribution in [2.75, 3.05) is 24.6 Å². The summed E-state index contributed by atoms with van der Waals surface area (Å²) >= 11 is 0. The minimum atomic E-state index is -0.780. The molecule has 4 amide bonds. The maximum atomic E-state index is 13.3. The molecule has 0 radical (unpaired) electrons. The number of carbonyl (C=O) groups excluding carboxylic acids is 6. The van der Waals surface area contributed by atoms with E-state index in [4.69, 9.17) is 9.68 Å². The largest absolute Gasteiger partial charge is 0.350 e. The fourth-order valence-corrected chi connectivity index (χ4v) is 10.9. The van der Waals surface area contributed by atoms with Crippen molar-refractivity contribution in [1.82, 2.24) is 20.8 Å². The van der Waals surface area contributed by atoms with Crippen LogP contribution in [0.25, 0.3) is 0 Å². The third-order valence-corrected chi connectivity index (χ3v) is 15.3. The first-order valence-corrected chi connectivity index (χ1v) is 29.6. The first-order valence-electron chi connectivity index (χ1n) is 27.1. The van der Waals surface area contributed by atoms with Crippen molar-refractivity contribution < 1.29 is 38.4 Å². The normalized spacial score (nSPS) is 15.1. The van der Waals surface area contributed by atoms with Crippen molar-refractivity contribution in [2.24, 2.45) is 0 Å². The summed E-state index contributed by atoms with van der Waals surface area (Å²) < 4.78 is 0.